The number of fused-ring (bicyclic) bond motifs is 5. The third-order valence-corrected chi connectivity index (χ3v) is 19.3. The first kappa shape index (κ1) is 71.9. The molecule has 35 nitrogen and oxygen atoms in total. The minimum Gasteiger partial charge on any atom is -0.455 e. The van der Waals surface area contributed by atoms with Crippen molar-refractivity contribution in [1.82, 2.24) is 59.5 Å². The summed E-state index contributed by atoms with van der Waals surface area (Å²) >= 11 is 11.0. The molecule has 13 atom stereocenters. The number of rotatable bonds is 26. The number of aliphatic hydroxyl groups excluding tert-OH is 1. The molecule has 4 aromatic heterocycles. The summed E-state index contributed by atoms with van der Waals surface area (Å²) in [5.41, 5.74) is 18.9. The fourth-order valence-corrected chi connectivity index (χ4v) is 14.1. The molecule has 0 radical (unpaired) electrons. The number of aromatic nitrogens is 8. The van der Waals surface area contributed by atoms with Crippen LogP contribution in [0.3, 0.4) is 0 Å². The zero-order valence-electron chi connectivity index (χ0n) is 52.1. The van der Waals surface area contributed by atoms with E-state index in [9.17, 15) is 53.2 Å². The molecule has 4 aliphatic heterocycles. The molecule has 4 aliphatic rings. The first-order chi connectivity index (χ1) is 45.2. The van der Waals surface area contributed by atoms with Crippen molar-refractivity contribution >= 4 is 124 Å². The van der Waals surface area contributed by atoms with E-state index in [-0.39, 0.29) is 134 Å². The molecule has 2 bridgehead atoms. The van der Waals surface area contributed by atoms with Crippen LogP contribution in [0.5, 0.6) is 0 Å². The van der Waals surface area contributed by atoms with Crippen LogP contribution in [0.1, 0.15) is 103 Å². The number of primary amides is 1. The number of unbranched alkanes of at least 4 members (excludes halogenated alkanes) is 2. The monoisotopic (exact) mass is 1400 g/mol. The van der Waals surface area contributed by atoms with Crippen LogP contribution in [-0.4, -0.2) is 194 Å². The van der Waals surface area contributed by atoms with Gasteiger partial charge in [0.05, 0.1) is 31.9 Å². The number of nitrogens with zero attached hydrogens (tertiary/aromatic N) is 10. The average molecular weight is 1400 g/mol. The average Bonchev–Trinajstić information content (AvgIpc) is 1.62. The Morgan fingerprint density at radius 3 is 2.05 bits per heavy atom. The highest BCUT2D eigenvalue weighted by Crippen LogP contribution is 2.54. The van der Waals surface area contributed by atoms with Crippen LogP contribution in [0.4, 0.5) is 26.9 Å². The van der Waals surface area contributed by atoms with E-state index in [1.807, 2.05) is 0 Å². The van der Waals surface area contributed by atoms with Gasteiger partial charge in [0.2, 0.25) is 23.6 Å². The van der Waals surface area contributed by atoms with Crippen LogP contribution in [0.15, 0.2) is 49.6 Å². The lowest BCUT2D eigenvalue weighted by atomic mass is 9.89. The normalized spacial score (nSPS) is 26.1. The summed E-state index contributed by atoms with van der Waals surface area (Å²) in [7, 11) is 1.45. The number of nitrogens with one attached hydrogen (secondary N) is 3. The second-order valence-corrected chi connectivity index (χ2v) is 29.1. The number of nitrogens with two attached hydrogens (primary N) is 3. The molecule has 0 spiro atoms. The van der Waals surface area contributed by atoms with Gasteiger partial charge < -0.3 is 80.9 Å². The lowest BCUT2D eigenvalue weighted by molar-refractivity contribution is -0.158. The largest absolute Gasteiger partial charge is 0.455 e. The van der Waals surface area contributed by atoms with Gasteiger partial charge in [0.15, 0.2) is 47.3 Å². The van der Waals surface area contributed by atoms with E-state index in [1.165, 1.54) is 51.3 Å². The van der Waals surface area contributed by atoms with Crippen LogP contribution < -0.4 is 33.2 Å². The van der Waals surface area contributed by atoms with Crippen molar-refractivity contribution in [2.75, 3.05) is 56.7 Å². The number of amides is 7. The lowest BCUT2D eigenvalue weighted by Crippen LogP contribution is -2.45. The van der Waals surface area contributed by atoms with Crippen LogP contribution in [0.2, 0.25) is 0 Å². The van der Waals surface area contributed by atoms with Crippen LogP contribution in [-0.2, 0) is 96.0 Å². The van der Waals surface area contributed by atoms with Gasteiger partial charge in [-0.3, -0.25) is 51.8 Å². The SMILES string of the molecule is CC1CC(=O)N(CCCCCC(=O)N[C@H](C(=O)C[C@@H](CCCNC(N)=O)C(=O)Nc2ccc(COC(=O)N(C)CCCC(=O)O[C@@H]3[C@@H]4OP(O)(=S)OC[C@H]5O[C@@H](n6cnc7c(N)ncnc76)[C@H](OP(O)(=S)OC[C@H]4O[C@H]3n3cnc4c(N)ncnc43)[C@@H]5O)cc2)C(C)C)C1=O. The number of nitrogen functional groups attached to an aromatic ring is 2. The Labute approximate surface area is 553 Å². The summed E-state index contributed by atoms with van der Waals surface area (Å²) in [6.07, 6.45) is -5.33. The van der Waals surface area contributed by atoms with E-state index in [0.717, 1.165) is 0 Å². The molecular weight excluding hydrogens is 1330 g/mol. The highest BCUT2D eigenvalue weighted by Gasteiger charge is 2.54. The van der Waals surface area contributed by atoms with Gasteiger partial charge >= 0.3 is 31.5 Å². The molecule has 0 saturated carbocycles. The molecule has 4 saturated heterocycles. The number of anilines is 3. The number of Topliss-reactive ketones (excluding diaryl/α,β-unsaturated/α-hetero) is 1. The van der Waals surface area contributed by atoms with Gasteiger partial charge in [-0.25, -0.2) is 39.5 Å². The van der Waals surface area contributed by atoms with Crippen molar-refractivity contribution in [3.8, 4) is 0 Å². The van der Waals surface area contributed by atoms with Crippen LogP contribution in [0.25, 0.3) is 22.3 Å². The predicted molar refractivity (Wildman–Crippen MR) is 341 cm³/mol. The quantitative estimate of drug-likeness (QED) is 0.0166. The fourth-order valence-electron chi connectivity index (χ4n) is 11.2. The number of carbonyl (C=O) groups is 8. The molecular formula is C56H76N16O19P2S2. The molecule has 516 valence electrons. The van der Waals surface area contributed by atoms with E-state index < -0.39 is 112 Å². The summed E-state index contributed by atoms with van der Waals surface area (Å²) in [5.74, 6) is -3.90. The third-order valence-electron chi connectivity index (χ3n) is 16.2. The number of carbonyl (C=O) groups excluding carboxylic acids is 8. The maximum absolute atomic E-state index is 13.9. The fraction of sp³-hybridized carbons (Fsp3) is 0.571. The second-order valence-electron chi connectivity index (χ2n) is 23.6. The highest BCUT2D eigenvalue weighted by molar-refractivity contribution is 8.07. The number of ether oxygens (including phenoxy) is 4. The number of hydrogen-bond acceptors (Lipinski definition) is 27. The number of likely N-dealkylation sites (tertiary alicyclic amines) is 1. The molecule has 5 aromatic rings. The zero-order chi connectivity index (χ0) is 68.5. The molecule has 12 N–H and O–H groups in total. The zero-order valence-corrected chi connectivity index (χ0v) is 55.6. The van der Waals surface area contributed by atoms with Crippen molar-refractivity contribution in [2.24, 2.45) is 23.5 Å². The second kappa shape index (κ2) is 31.7. The first-order valence-electron chi connectivity index (χ1n) is 30.5. The maximum Gasteiger partial charge on any atom is 0.409 e. The highest BCUT2D eigenvalue weighted by atomic mass is 32.5. The minimum absolute atomic E-state index is 0.00816. The summed E-state index contributed by atoms with van der Waals surface area (Å²) in [6.45, 7) is -4.60. The number of ketones is 1. The minimum atomic E-state index is -4.44. The predicted octanol–water partition coefficient (Wildman–Crippen LogP) is 2.26. The topological polar surface area (TPSA) is 479 Å². The third kappa shape index (κ3) is 18.2. The van der Waals surface area contributed by atoms with Crippen molar-refractivity contribution in [3.63, 3.8) is 0 Å². The van der Waals surface area contributed by atoms with Gasteiger partial charge in [0.1, 0.15) is 60.8 Å². The van der Waals surface area contributed by atoms with Crippen molar-refractivity contribution in [1.29, 1.82) is 0 Å². The molecule has 95 heavy (non-hydrogen) atoms. The Morgan fingerprint density at radius 1 is 0.811 bits per heavy atom. The van der Waals surface area contributed by atoms with Crippen LogP contribution in [0, 0.1) is 17.8 Å². The Kier molecular flexibility index (Phi) is 24.0. The van der Waals surface area contributed by atoms with Gasteiger partial charge in [-0.05, 0) is 79.3 Å². The number of urea groups is 1. The molecule has 1 aromatic carbocycles. The first-order valence-corrected chi connectivity index (χ1v) is 35.7. The summed E-state index contributed by atoms with van der Waals surface area (Å²) in [6, 6.07) is 4.76. The van der Waals surface area contributed by atoms with Crippen LogP contribution >= 0.6 is 13.4 Å². The molecule has 39 heteroatoms. The smallest absolute Gasteiger partial charge is 0.409 e. The van der Waals surface area contributed by atoms with Crippen molar-refractivity contribution in [3.05, 3.63) is 55.1 Å². The van der Waals surface area contributed by atoms with E-state index in [2.05, 4.69) is 45.9 Å². The standard InChI is InChI=1S/C56H76N16O19P2S2/c1-29(2)40(68-37(74)11-6-5-7-19-70-38(75)20-30(3)52(70)79)34(73)21-32(10-8-17-60-55(59)80)51(78)67-33-15-13-31(14-16-33)22-84-56(81)69(4)18-9-12-39(76)89-46-44-36(88-54(46)72-28-66-42-48(58)62-26-64-50(42)72)24-86-93(83,95)91-45-43(77)35(23-85-92(82,94)90-44)87-53(45)71-27-65-41-47(57)61-25-63-49(41)71/h13-16,25-30,32,35-36,40,43-46,53-54,77H,5-12,17-24H2,1-4H3,(H,67,78)(H,68,74)(H,82,94)(H,83,95)(H2,57,61,63)(H2,58,62,64)(H3,59,60,80)/t30?,32-,35-,36-,40+,43-,44-,45-,46-,53-,54-,92?,93?/m1/s1. The Hall–Kier alpha value is -7.38. The number of esters is 1. The molecule has 8 heterocycles. The van der Waals surface area contributed by atoms with Gasteiger partial charge in [0, 0.05) is 69.9 Å². The number of imide groups is 1. The molecule has 4 fully saturated rings. The molecule has 7 amide bonds. The van der Waals surface area contributed by atoms with Gasteiger partial charge in [-0.2, -0.15) is 0 Å². The number of benzene rings is 1. The number of imidazole rings is 2. The summed E-state index contributed by atoms with van der Waals surface area (Å²) in [4.78, 5) is 155. The van der Waals surface area contributed by atoms with Crippen molar-refractivity contribution < 1.29 is 90.3 Å². The van der Waals surface area contributed by atoms with E-state index >= 15 is 0 Å². The Bertz CT molecular complexity index is 3740. The summed E-state index contributed by atoms with van der Waals surface area (Å²) in [5, 5.41) is 19.7. The van der Waals surface area contributed by atoms with Gasteiger partial charge in [-0.1, -0.05) is 39.3 Å². The lowest BCUT2D eigenvalue weighted by Gasteiger charge is -2.29. The number of aliphatic hydroxyl groups is 1. The maximum atomic E-state index is 13.9. The molecule has 9 rings (SSSR count). The Balaban J connectivity index is 0.781. The summed E-state index contributed by atoms with van der Waals surface area (Å²) < 4.78 is 50.6. The molecule has 3 unspecified atom stereocenters. The van der Waals surface area contributed by atoms with E-state index in [1.54, 1.807) is 45.0 Å². The van der Waals surface area contributed by atoms with E-state index in [4.69, 9.17) is 77.9 Å². The molecule has 0 aliphatic carbocycles. The van der Waals surface area contributed by atoms with Gasteiger partial charge in [0.25, 0.3) is 0 Å². The van der Waals surface area contributed by atoms with E-state index in [0.29, 0.717) is 36.9 Å². The van der Waals surface area contributed by atoms with Gasteiger partial charge in [-0.15, -0.1) is 0 Å². The van der Waals surface area contributed by atoms with Crippen molar-refractivity contribution in [2.45, 2.75) is 147 Å². The Morgan fingerprint density at radius 2 is 1.43 bits per heavy atom. The number of hydrogen-bond donors (Lipinski definition) is 9.